The Labute approximate surface area is 209 Å². The second-order valence-corrected chi connectivity index (χ2v) is 8.87. The van der Waals surface area contributed by atoms with Gasteiger partial charge in [-0.05, 0) is 35.2 Å². The number of ketones is 1. The topological polar surface area (TPSA) is 102 Å². The number of carbonyl (C=O) groups excluding carboxylic acids is 2. The number of carbonyl (C=O) groups is 2. The number of Topliss-reactive ketones (excluding diaryl/α,β-unsaturated/α-hetero) is 1. The number of ether oxygens (including phenoxy) is 1. The third-order valence-electron chi connectivity index (χ3n) is 6.51. The molecular formula is C27H28N6O3. The molecule has 4 aromatic rings. The number of nitrogens with zero attached hydrogens (tertiary/aromatic N) is 5. The number of aryl methyl sites for hydroxylation is 1. The van der Waals surface area contributed by atoms with Gasteiger partial charge in [-0.3, -0.25) is 29.1 Å². The lowest BCUT2D eigenvalue weighted by Gasteiger charge is -2.27. The lowest BCUT2D eigenvalue weighted by atomic mass is 10.0. The summed E-state index contributed by atoms with van der Waals surface area (Å²) in [6, 6.07) is 11.4. The Balaban J connectivity index is 1.37. The molecule has 1 saturated heterocycles. The molecule has 0 bridgehead atoms. The van der Waals surface area contributed by atoms with Crippen LogP contribution in [0, 0.1) is 0 Å². The number of hydrogen-bond acceptors (Lipinski definition) is 7. The fourth-order valence-corrected chi connectivity index (χ4v) is 4.40. The maximum absolute atomic E-state index is 12.8. The highest BCUT2D eigenvalue weighted by Gasteiger charge is 2.18. The molecule has 1 aliphatic heterocycles. The predicted octanol–water partition coefficient (Wildman–Crippen LogP) is 2.65. The molecule has 184 valence electrons. The minimum absolute atomic E-state index is 0.103. The van der Waals surface area contributed by atoms with E-state index in [1.165, 1.54) is 6.20 Å². The zero-order valence-electron chi connectivity index (χ0n) is 20.4. The molecule has 0 aliphatic carbocycles. The van der Waals surface area contributed by atoms with Crippen molar-refractivity contribution in [3.8, 4) is 11.1 Å². The predicted molar refractivity (Wildman–Crippen MR) is 136 cm³/mol. The molecule has 9 heteroatoms. The van der Waals surface area contributed by atoms with Gasteiger partial charge in [0.1, 0.15) is 5.69 Å². The number of nitrogens with one attached hydrogen (secondary N) is 1. The molecule has 1 amide bonds. The van der Waals surface area contributed by atoms with Crippen molar-refractivity contribution >= 4 is 22.5 Å². The smallest absolute Gasteiger partial charge is 0.269 e. The van der Waals surface area contributed by atoms with Gasteiger partial charge in [-0.25, -0.2) is 0 Å². The monoisotopic (exact) mass is 484 g/mol. The largest absolute Gasteiger partial charge is 0.379 e. The third-order valence-corrected chi connectivity index (χ3v) is 6.51. The van der Waals surface area contributed by atoms with E-state index >= 15 is 0 Å². The van der Waals surface area contributed by atoms with Crippen molar-refractivity contribution in [1.82, 2.24) is 30.0 Å². The molecule has 0 saturated carbocycles. The average Bonchev–Trinajstić information content (AvgIpc) is 3.28. The summed E-state index contributed by atoms with van der Waals surface area (Å²) in [6.07, 6.45) is 5.30. The number of pyridine rings is 2. The van der Waals surface area contributed by atoms with Gasteiger partial charge < -0.3 is 10.1 Å². The molecule has 5 rings (SSSR count). The van der Waals surface area contributed by atoms with Gasteiger partial charge in [-0.2, -0.15) is 5.10 Å². The van der Waals surface area contributed by atoms with Crippen LogP contribution in [0.3, 0.4) is 0 Å². The number of hydrogen-bond donors (Lipinski definition) is 1. The van der Waals surface area contributed by atoms with Crippen molar-refractivity contribution < 1.29 is 14.3 Å². The zero-order chi connectivity index (χ0) is 25.1. The van der Waals surface area contributed by atoms with Gasteiger partial charge in [0, 0.05) is 68.3 Å². The van der Waals surface area contributed by atoms with Gasteiger partial charge in [-0.1, -0.05) is 12.1 Å². The van der Waals surface area contributed by atoms with Crippen LogP contribution in [0.2, 0.25) is 0 Å². The number of aromatic nitrogens is 4. The highest BCUT2D eigenvalue weighted by Crippen LogP contribution is 2.28. The van der Waals surface area contributed by atoms with E-state index in [0.29, 0.717) is 11.3 Å². The summed E-state index contributed by atoms with van der Waals surface area (Å²) in [5.41, 5.74) is 4.74. The fourth-order valence-electron chi connectivity index (χ4n) is 4.40. The van der Waals surface area contributed by atoms with E-state index in [-0.39, 0.29) is 23.8 Å². The van der Waals surface area contributed by atoms with Gasteiger partial charge in [0.15, 0.2) is 5.78 Å². The second kappa shape index (κ2) is 10.3. The molecule has 0 unspecified atom stereocenters. The van der Waals surface area contributed by atoms with Crippen LogP contribution >= 0.6 is 0 Å². The molecular weight excluding hydrogens is 456 g/mol. The Bertz CT molecular complexity index is 1410. The molecule has 0 radical (unpaired) electrons. The van der Waals surface area contributed by atoms with Crippen molar-refractivity contribution in [3.05, 3.63) is 77.6 Å². The summed E-state index contributed by atoms with van der Waals surface area (Å²) < 4.78 is 7.42. The van der Waals surface area contributed by atoms with Crippen LogP contribution in [0.5, 0.6) is 0 Å². The van der Waals surface area contributed by atoms with Crippen molar-refractivity contribution in [2.45, 2.75) is 13.0 Å². The third kappa shape index (κ3) is 5.02. The van der Waals surface area contributed by atoms with Gasteiger partial charge in [0.25, 0.3) is 5.91 Å². The molecule has 1 N–H and O–H groups in total. The molecule has 0 spiro atoms. The van der Waals surface area contributed by atoms with Gasteiger partial charge in [0.2, 0.25) is 0 Å². The van der Waals surface area contributed by atoms with Crippen LogP contribution in [-0.2, 0) is 24.8 Å². The van der Waals surface area contributed by atoms with Crippen molar-refractivity contribution in [3.63, 3.8) is 0 Å². The van der Waals surface area contributed by atoms with Gasteiger partial charge in [-0.15, -0.1) is 0 Å². The van der Waals surface area contributed by atoms with E-state index in [4.69, 9.17) is 4.74 Å². The lowest BCUT2D eigenvalue weighted by Crippen LogP contribution is -2.36. The summed E-state index contributed by atoms with van der Waals surface area (Å²) in [6.45, 7) is 4.15. The SMILES string of the molecule is CNC(=O)c1ccc(C(=O)Cc2cc3cc(-c4cnn(C)c4CN4CCOCC4)ccc3cn2)cn1. The summed E-state index contributed by atoms with van der Waals surface area (Å²) in [5.74, 6) is -0.392. The number of morpholine rings is 1. The number of benzene rings is 1. The van der Waals surface area contributed by atoms with Crippen LogP contribution in [0.4, 0.5) is 0 Å². The Morgan fingerprint density at radius 2 is 1.83 bits per heavy atom. The fraction of sp³-hybridized carbons (Fsp3) is 0.296. The molecule has 36 heavy (non-hydrogen) atoms. The summed E-state index contributed by atoms with van der Waals surface area (Å²) in [5, 5.41) is 9.06. The first kappa shape index (κ1) is 23.8. The minimum atomic E-state index is -0.289. The van der Waals surface area contributed by atoms with E-state index in [9.17, 15) is 9.59 Å². The van der Waals surface area contributed by atoms with E-state index in [2.05, 4.69) is 43.5 Å². The normalized spacial score (nSPS) is 14.2. The maximum atomic E-state index is 12.8. The summed E-state index contributed by atoms with van der Waals surface area (Å²) in [7, 11) is 3.52. The first-order valence-corrected chi connectivity index (χ1v) is 11.9. The number of rotatable bonds is 7. The zero-order valence-corrected chi connectivity index (χ0v) is 20.4. The van der Waals surface area contributed by atoms with E-state index < -0.39 is 0 Å². The Kier molecular flexibility index (Phi) is 6.84. The summed E-state index contributed by atoms with van der Waals surface area (Å²) in [4.78, 5) is 35.5. The molecule has 3 aromatic heterocycles. The first-order chi connectivity index (χ1) is 17.5. The van der Waals surface area contributed by atoms with Crippen molar-refractivity contribution in [2.75, 3.05) is 33.4 Å². The Hall–Kier alpha value is -3.95. The molecule has 9 nitrogen and oxygen atoms in total. The molecule has 1 aliphatic rings. The van der Waals surface area contributed by atoms with Crippen molar-refractivity contribution in [2.24, 2.45) is 7.05 Å². The van der Waals surface area contributed by atoms with Gasteiger partial charge >= 0.3 is 0 Å². The van der Waals surface area contributed by atoms with Crippen LogP contribution in [0.1, 0.15) is 32.2 Å². The highest BCUT2D eigenvalue weighted by molar-refractivity contribution is 5.99. The lowest BCUT2D eigenvalue weighted by molar-refractivity contribution is 0.0332. The van der Waals surface area contributed by atoms with Crippen LogP contribution < -0.4 is 5.32 Å². The van der Waals surface area contributed by atoms with Gasteiger partial charge in [0.05, 0.1) is 31.5 Å². The molecule has 4 heterocycles. The Morgan fingerprint density at radius 3 is 2.58 bits per heavy atom. The number of amides is 1. The summed E-state index contributed by atoms with van der Waals surface area (Å²) >= 11 is 0. The van der Waals surface area contributed by atoms with Crippen molar-refractivity contribution in [1.29, 1.82) is 0 Å². The minimum Gasteiger partial charge on any atom is -0.379 e. The maximum Gasteiger partial charge on any atom is 0.269 e. The second-order valence-electron chi connectivity index (χ2n) is 8.87. The number of fused-ring (bicyclic) bond motifs is 1. The van der Waals surface area contributed by atoms with Crippen LogP contribution in [0.15, 0.2) is 55.0 Å². The highest BCUT2D eigenvalue weighted by atomic mass is 16.5. The molecule has 1 fully saturated rings. The quantitative estimate of drug-likeness (QED) is 0.402. The van der Waals surface area contributed by atoms with E-state index in [1.54, 1.807) is 25.4 Å². The Morgan fingerprint density at radius 1 is 1.00 bits per heavy atom. The molecule has 1 aromatic carbocycles. The van der Waals surface area contributed by atoms with E-state index in [0.717, 1.165) is 60.4 Å². The van der Waals surface area contributed by atoms with Crippen LogP contribution in [0.25, 0.3) is 21.9 Å². The first-order valence-electron chi connectivity index (χ1n) is 11.9. The van der Waals surface area contributed by atoms with E-state index in [1.807, 2.05) is 24.0 Å². The standard InChI is InChI=1S/C27H28N6O3/c1-28-27(35)24-6-5-20(15-30-24)26(34)13-22-12-21-11-18(3-4-19(21)14-29-22)23-16-31-32(2)25(23)17-33-7-9-36-10-8-33/h3-6,11-12,14-16H,7-10,13,17H2,1-2H3,(H,28,35). The molecule has 0 atom stereocenters. The average molecular weight is 485 g/mol. The van der Waals surface area contributed by atoms with Crippen LogP contribution in [-0.4, -0.2) is 69.7 Å².